The first-order chi connectivity index (χ1) is 20.4. The molecule has 0 amide bonds. The quantitative estimate of drug-likeness (QED) is 0.234. The van der Waals surface area contributed by atoms with Crippen molar-refractivity contribution in [3.05, 3.63) is 23.3 Å². The van der Waals surface area contributed by atoms with Gasteiger partial charge in [-0.15, -0.1) is 0 Å². The van der Waals surface area contributed by atoms with Crippen LogP contribution in [0, 0.1) is 45.3 Å². The van der Waals surface area contributed by atoms with E-state index in [1.54, 1.807) is 0 Å². The predicted molar refractivity (Wildman–Crippen MR) is 168 cm³/mol. The van der Waals surface area contributed by atoms with Gasteiger partial charge in [-0.3, -0.25) is 0 Å². The van der Waals surface area contributed by atoms with Gasteiger partial charge in [0.25, 0.3) is 0 Å². The van der Waals surface area contributed by atoms with E-state index in [2.05, 4.69) is 47.6 Å². The SMILES string of the molecule is CC(C)=C[C@H](O)C[C@@H](C)[C@H]1CC[C@@]2(C)[C@@H]3[C@@H](O[C@H]4O[C@@H](CO)[C@H](O)[C@H](O)[C@@H]4O)C=C4[C@@H](CC[C@H](O)C4(C)C)[C@]3(C)CC[C@]12C. The molecule has 0 bridgehead atoms. The number of rotatable bonds is 7. The fourth-order valence-corrected chi connectivity index (χ4v) is 11.1. The molecule has 1 saturated heterocycles. The fraction of sp³-hybridized carbons (Fsp3) is 0.889. The fourth-order valence-electron chi connectivity index (χ4n) is 11.1. The Balaban J connectivity index is 1.56. The van der Waals surface area contributed by atoms with Gasteiger partial charge in [-0.25, -0.2) is 0 Å². The number of fused-ring (bicyclic) bond motifs is 5. The van der Waals surface area contributed by atoms with Gasteiger partial charge in [-0.2, -0.15) is 0 Å². The van der Waals surface area contributed by atoms with E-state index in [4.69, 9.17) is 9.47 Å². The van der Waals surface area contributed by atoms with Gasteiger partial charge in [-0.05, 0) is 92.8 Å². The molecule has 0 unspecified atom stereocenters. The molecule has 0 aromatic carbocycles. The van der Waals surface area contributed by atoms with Gasteiger partial charge in [0.15, 0.2) is 6.29 Å². The van der Waals surface area contributed by atoms with Crippen LogP contribution in [0.4, 0.5) is 0 Å². The molecule has 252 valence electrons. The molecule has 8 nitrogen and oxygen atoms in total. The highest BCUT2D eigenvalue weighted by atomic mass is 16.7. The molecule has 5 aliphatic rings. The van der Waals surface area contributed by atoms with Crippen molar-refractivity contribution < 1.29 is 40.1 Å². The van der Waals surface area contributed by atoms with Crippen LogP contribution in [0.5, 0.6) is 0 Å². The Bertz CT molecular complexity index is 1110. The van der Waals surface area contributed by atoms with Gasteiger partial charge in [0.2, 0.25) is 0 Å². The molecular weight excluding hydrogens is 560 g/mol. The lowest BCUT2D eigenvalue weighted by molar-refractivity contribution is -0.322. The monoisotopic (exact) mass is 620 g/mol. The van der Waals surface area contributed by atoms with Crippen molar-refractivity contribution in [1.82, 2.24) is 0 Å². The highest BCUT2D eigenvalue weighted by Gasteiger charge is 2.70. The van der Waals surface area contributed by atoms with Crippen LogP contribution in [0.25, 0.3) is 0 Å². The summed E-state index contributed by atoms with van der Waals surface area (Å²) < 4.78 is 12.7. The topological polar surface area (TPSA) is 140 Å². The van der Waals surface area contributed by atoms with Gasteiger partial charge in [-0.1, -0.05) is 64.8 Å². The van der Waals surface area contributed by atoms with Crippen LogP contribution in [0.2, 0.25) is 0 Å². The first-order valence-corrected chi connectivity index (χ1v) is 17.1. The number of hydrogen-bond acceptors (Lipinski definition) is 8. The van der Waals surface area contributed by atoms with Crippen molar-refractivity contribution in [3.8, 4) is 0 Å². The molecule has 1 heterocycles. The van der Waals surface area contributed by atoms with Gasteiger partial charge in [0.1, 0.15) is 24.4 Å². The zero-order chi connectivity index (χ0) is 32.6. The molecule has 0 radical (unpaired) electrons. The lowest BCUT2D eigenvalue weighted by atomic mass is 9.38. The van der Waals surface area contributed by atoms with Crippen molar-refractivity contribution in [1.29, 1.82) is 0 Å². The average Bonchev–Trinajstić information content (AvgIpc) is 3.21. The van der Waals surface area contributed by atoms with Crippen LogP contribution in [0.3, 0.4) is 0 Å². The second-order valence-corrected chi connectivity index (χ2v) is 16.8. The lowest BCUT2D eigenvalue weighted by Gasteiger charge is -2.67. The van der Waals surface area contributed by atoms with Crippen LogP contribution >= 0.6 is 0 Å². The third-order valence-corrected chi connectivity index (χ3v) is 13.8. The van der Waals surface area contributed by atoms with Gasteiger partial charge >= 0.3 is 0 Å². The largest absolute Gasteiger partial charge is 0.394 e. The molecular formula is C36H60O8. The number of aliphatic hydroxyl groups is 6. The Hall–Kier alpha value is -0.840. The minimum absolute atomic E-state index is 0.00663. The number of ether oxygens (including phenoxy) is 2. The van der Waals surface area contributed by atoms with Crippen LogP contribution < -0.4 is 0 Å². The molecule has 0 aromatic rings. The summed E-state index contributed by atoms with van der Waals surface area (Å²) in [5, 5.41) is 63.9. The summed E-state index contributed by atoms with van der Waals surface area (Å²) in [6.07, 6.45) is 2.64. The van der Waals surface area contributed by atoms with Crippen molar-refractivity contribution in [2.75, 3.05) is 6.61 Å². The smallest absolute Gasteiger partial charge is 0.187 e. The molecule has 44 heavy (non-hydrogen) atoms. The van der Waals surface area contributed by atoms with Crippen LogP contribution in [-0.4, -0.2) is 86.3 Å². The molecule has 8 heteroatoms. The van der Waals surface area contributed by atoms with E-state index in [1.165, 1.54) is 5.57 Å². The molecule has 5 rings (SSSR count). The van der Waals surface area contributed by atoms with Gasteiger partial charge in [0, 0.05) is 11.3 Å². The van der Waals surface area contributed by atoms with Crippen LogP contribution in [0.1, 0.15) is 100 Å². The molecule has 6 N–H and O–H groups in total. The van der Waals surface area contributed by atoms with Gasteiger partial charge < -0.3 is 40.1 Å². The minimum atomic E-state index is -1.51. The van der Waals surface area contributed by atoms with E-state index in [9.17, 15) is 30.6 Å². The summed E-state index contributed by atoms with van der Waals surface area (Å²) in [6.45, 7) is 17.4. The molecule has 0 aromatic heterocycles. The van der Waals surface area contributed by atoms with Crippen molar-refractivity contribution in [2.45, 2.75) is 149 Å². The minimum Gasteiger partial charge on any atom is -0.394 e. The molecule has 4 fully saturated rings. The van der Waals surface area contributed by atoms with E-state index in [1.807, 2.05) is 19.9 Å². The Kier molecular flexibility index (Phi) is 9.40. The summed E-state index contributed by atoms with van der Waals surface area (Å²) in [5.74, 6) is 1.12. The van der Waals surface area contributed by atoms with E-state index in [-0.39, 0.29) is 28.1 Å². The second-order valence-electron chi connectivity index (χ2n) is 16.8. The average molecular weight is 621 g/mol. The highest BCUT2D eigenvalue weighted by Crippen LogP contribution is 2.75. The summed E-state index contributed by atoms with van der Waals surface area (Å²) in [5.41, 5.74) is 1.62. The summed E-state index contributed by atoms with van der Waals surface area (Å²) >= 11 is 0. The predicted octanol–water partition coefficient (Wildman–Crippen LogP) is 4.10. The normalized spacial score (nSPS) is 49.6. The Labute approximate surface area is 264 Å². The van der Waals surface area contributed by atoms with Gasteiger partial charge in [0.05, 0.1) is 24.9 Å². The first kappa shape index (κ1) is 34.5. The van der Waals surface area contributed by atoms with Crippen molar-refractivity contribution in [3.63, 3.8) is 0 Å². The molecule has 3 saturated carbocycles. The maximum atomic E-state index is 11.1. The Morgan fingerprint density at radius 2 is 1.64 bits per heavy atom. The third kappa shape index (κ3) is 5.28. The van der Waals surface area contributed by atoms with Crippen molar-refractivity contribution in [2.24, 2.45) is 45.3 Å². The van der Waals surface area contributed by atoms with E-state index in [0.29, 0.717) is 11.8 Å². The van der Waals surface area contributed by atoms with E-state index in [0.717, 1.165) is 50.5 Å². The first-order valence-electron chi connectivity index (χ1n) is 17.1. The highest BCUT2D eigenvalue weighted by molar-refractivity contribution is 5.33. The van der Waals surface area contributed by atoms with E-state index < -0.39 is 61.0 Å². The zero-order valence-electron chi connectivity index (χ0n) is 28.2. The van der Waals surface area contributed by atoms with Crippen molar-refractivity contribution >= 4 is 0 Å². The van der Waals surface area contributed by atoms with E-state index >= 15 is 0 Å². The lowest BCUT2D eigenvalue weighted by Crippen LogP contribution is -2.65. The maximum absolute atomic E-state index is 11.1. The van der Waals surface area contributed by atoms with Crippen LogP contribution in [-0.2, 0) is 9.47 Å². The molecule has 4 aliphatic carbocycles. The second kappa shape index (κ2) is 12.0. The summed E-state index contributed by atoms with van der Waals surface area (Å²) in [4.78, 5) is 0. The number of allylic oxidation sites excluding steroid dienone is 1. The Morgan fingerprint density at radius 3 is 2.27 bits per heavy atom. The summed E-state index contributed by atoms with van der Waals surface area (Å²) in [7, 11) is 0. The molecule has 1 aliphatic heterocycles. The van der Waals surface area contributed by atoms with Crippen LogP contribution in [0.15, 0.2) is 23.3 Å². The standard InChI is InChI=1S/C36H60O8/c1-19(2)15-21(38)16-20(3)22-11-12-36(8)31-25(43-32-30(42)29(41)28(40)26(18-37)44-32)17-24-23(9-10-27(39)33(24,4)5)34(31,6)13-14-35(22,36)7/h15,17,20-23,25-32,37-42H,9-14,16,18H2,1-8H3/t20-,21+,22-,23-,25+,26+,27+,28+,29+,30+,31-,32+,34+,35-,36+/m1/s1. The molecule has 15 atom stereocenters. The zero-order valence-corrected chi connectivity index (χ0v) is 28.2. The molecule has 0 spiro atoms. The number of hydrogen-bond donors (Lipinski definition) is 6. The maximum Gasteiger partial charge on any atom is 0.187 e. The summed E-state index contributed by atoms with van der Waals surface area (Å²) in [6, 6.07) is 0. The number of aliphatic hydroxyl groups excluding tert-OH is 6. The third-order valence-electron chi connectivity index (χ3n) is 13.8. The Morgan fingerprint density at radius 1 is 0.955 bits per heavy atom.